The number of ether oxygens (including phenoxy) is 1. The molecule has 3 rings (SSSR count). The molecule has 0 atom stereocenters. The number of methoxy groups -OCH3 is 1. The number of rotatable bonds is 5. The number of ketones is 1. The first kappa shape index (κ1) is 13.7. The average molecular weight is 281 g/mol. The van der Waals surface area contributed by atoms with E-state index < -0.39 is 0 Å². The van der Waals surface area contributed by atoms with Crippen LogP contribution in [0.2, 0.25) is 0 Å². The molecule has 2 aromatic rings. The van der Waals surface area contributed by atoms with Crippen LogP contribution < -0.4 is 10.1 Å². The Morgan fingerprint density at radius 3 is 2.76 bits per heavy atom. The molecule has 2 aromatic carbocycles. The van der Waals surface area contributed by atoms with Gasteiger partial charge in [-0.25, -0.2) is 0 Å². The first-order chi connectivity index (χ1) is 10.3. The van der Waals surface area contributed by atoms with Gasteiger partial charge in [0.25, 0.3) is 0 Å². The van der Waals surface area contributed by atoms with Crippen LogP contribution in [0, 0.1) is 0 Å². The third kappa shape index (κ3) is 3.07. The van der Waals surface area contributed by atoms with Crippen LogP contribution >= 0.6 is 0 Å². The zero-order valence-corrected chi connectivity index (χ0v) is 12.2. The molecule has 0 radical (unpaired) electrons. The second kappa shape index (κ2) is 6.00. The minimum Gasteiger partial charge on any atom is -0.497 e. The van der Waals surface area contributed by atoms with Crippen molar-refractivity contribution in [2.24, 2.45) is 0 Å². The largest absolute Gasteiger partial charge is 0.497 e. The fraction of sp³-hybridized carbons (Fsp3) is 0.278. The lowest BCUT2D eigenvalue weighted by Gasteiger charge is -2.05. The Bertz CT molecular complexity index is 647. The zero-order valence-electron chi connectivity index (χ0n) is 12.2. The van der Waals surface area contributed by atoms with E-state index >= 15 is 0 Å². The lowest BCUT2D eigenvalue weighted by atomic mass is 10.0. The van der Waals surface area contributed by atoms with Crippen LogP contribution in [0.25, 0.3) is 0 Å². The van der Waals surface area contributed by atoms with Gasteiger partial charge in [0.2, 0.25) is 0 Å². The van der Waals surface area contributed by atoms with Crippen molar-refractivity contribution in [1.29, 1.82) is 0 Å². The molecule has 0 aromatic heterocycles. The number of hydrogen-bond acceptors (Lipinski definition) is 3. The monoisotopic (exact) mass is 281 g/mol. The number of carbonyl (C=O) groups is 1. The highest BCUT2D eigenvalue weighted by atomic mass is 16.5. The SMILES string of the molecule is COc1ccc(CCC(=O)c2ccc3c(c2)CCN3)cc1. The summed E-state index contributed by atoms with van der Waals surface area (Å²) < 4.78 is 5.13. The molecule has 0 spiro atoms. The van der Waals surface area contributed by atoms with Crippen LogP contribution in [0.5, 0.6) is 5.75 Å². The zero-order chi connectivity index (χ0) is 14.7. The van der Waals surface area contributed by atoms with Crippen molar-refractivity contribution in [2.45, 2.75) is 19.3 Å². The van der Waals surface area contributed by atoms with Crippen LogP contribution in [0.4, 0.5) is 5.69 Å². The van der Waals surface area contributed by atoms with Gasteiger partial charge in [0.1, 0.15) is 5.75 Å². The number of aryl methyl sites for hydroxylation is 1. The summed E-state index contributed by atoms with van der Waals surface area (Å²) in [5.74, 6) is 1.05. The van der Waals surface area contributed by atoms with Crippen molar-refractivity contribution >= 4 is 11.5 Å². The molecule has 21 heavy (non-hydrogen) atoms. The Labute approximate surface area is 124 Å². The molecule has 1 N–H and O–H groups in total. The van der Waals surface area contributed by atoms with Gasteiger partial charge in [-0.05, 0) is 54.3 Å². The van der Waals surface area contributed by atoms with E-state index in [1.165, 1.54) is 11.3 Å². The maximum atomic E-state index is 12.3. The molecule has 108 valence electrons. The summed E-state index contributed by atoms with van der Waals surface area (Å²) in [6.45, 7) is 0.971. The Morgan fingerprint density at radius 1 is 1.19 bits per heavy atom. The summed E-state index contributed by atoms with van der Waals surface area (Å²) in [5, 5.41) is 3.31. The highest BCUT2D eigenvalue weighted by molar-refractivity contribution is 5.97. The first-order valence-corrected chi connectivity index (χ1v) is 7.29. The lowest BCUT2D eigenvalue weighted by molar-refractivity contribution is 0.0983. The first-order valence-electron chi connectivity index (χ1n) is 7.29. The van der Waals surface area contributed by atoms with E-state index in [1.54, 1.807) is 7.11 Å². The quantitative estimate of drug-likeness (QED) is 0.853. The molecule has 3 nitrogen and oxygen atoms in total. The van der Waals surface area contributed by atoms with E-state index in [4.69, 9.17) is 4.74 Å². The normalized spacial score (nSPS) is 12.6. The van der Waals surface area contributed by atoms with E-state index in [1.807, 2.05) is 42.5 Å². The number of anilines is 1. The minimum absolute atomic E-state index is 0.209. The Kier molecular flexibility index (Phi) is 3.91. The van der Waals surface area contributed by atoms with Crippen LogP contribution in [0.1, 0.15) is 27.9 Å². The third-order valence-electron chi connectivity index (χ3n) is 3.94. The Morgan fingerprint density at radius 2 is 2.00 bits per heavy atom. The predicted molar refractivity (Wildman–Crippen MR) is 84.3 cm³/mol. The smallest absolute Gasteiger partial charge is 0.163 e. The summed E-state index contributed by atoms with van der Waals surface area (Å²) >= 11 is 0. The number of Topliss-reactive ketones (excluding diaryl/α,β-unsaturated/α-hetero) is 1. The van der Waals surface area contributed by atoms with E-state index in [0.29, 0.717) is 6.42 Å². The summed E-state index contributed by atoms with van der Waals surface area (Å²) in [7, 11) is 1.65. The molecular formula is C18H19NO2. The fourth-order valence-corrected chi connectivity index (χ4v) is 2.67. The standard InChI is InChI=1S/C18H19NO2/c1-21-16-6-2-13(3-7-16)4-9-18(20)15-5-8-17-14(12-15)10-11-19-17/h2-3,5-8,12,19H,4,9-11H2,1H3. The van der Waals surface area contributed by atoms with Gasteiger partial charge in [-0.1, -0.05) is 12.1 Å². The van der Waals surface area contributed by atoms with Gasteiger partial charge in [-0.3, -0.25) is 4.79 Å². The summed E-state index contributed by atoms with van der Waals surface area (Å²) in [6, 6.07) is 13.9. The lowest BCUT2D eigenvalue weighted by Crippen LogP contribution is -2.02. The summed E-state index contributed by atoms with van der Waals surface area (Å²) in [6.07, 6.45) is 2.31. The molecule has 0 saturated heterocycles. The Hall–Kier alpha value is -2.29. The number of benzene rings is 2. The van der Waals surface area contributed by atoms with Gasteiger partial charge < -0.3 is 10.1 Å². The average Bonchev–Trinajstić information content (AvgIpc) is 3.00. The van der Waals surface area contributed by atoms with Gasteiger partial charge in [0.05, 0.1) is 7.11 Å². The van der Waals surface area contributed by atoms with Crippen LogP contribution in [-0.4, -0.2) is 19.4 Å². The van der Waals surface area contributed by atoms with Crippen molar-refractivity contribution in [2.75, 3.05) is 19.0 Å². The molecule has 0 fully saturated rings. The number of fused-ring (bicyclic) bond motifs is 1. The van der Waals surface area contributed by atoms with Crippen molar-refractivity contribution in [3.8, 4) is 5.75 Å². The number of hydrogen-bond donors (Lipinski definition) is 1. The van der Waals surface area contributed by atoms with Crippen molar-refractivity contribution in [3.63, 3.8) is 0 Å². The topological polar surface area (TPSA) is 38.3 Å². The molecule has 3 heteroatoms. The van der Waals surface area contributed by atoms with Gasteiger partial charge in [-0.15, -0.1) is 0 Å². The van der Waals surface area contributed by atoms with E-state index in [2.05, 4.69) is 5.32 Å². The highest BCUT2D eigenvalue weighted by Gasteiger charge is 2.13. The van der Waals surface area contributed by atoms with Crippen LogP contribution in [0.3, 0.4) is 0 Å². The third-order valence-corrected chi connectivity index (χ3v) is 3.94. The van der Waals surface area contributed by atoms with Crippen LogP contribution in [-0.2, 0) is 12.8 Å². The second-order valence-corrected chi connectivity index (χ2v) is 5.32. The van der Waals surface area contributed by atoms with Crippen molar-refractivity contribution < 1.29 is 9.53 Å². The number of carbonyl (C=O) groups excluding carboxylic acids is 1. The van der Waals surface area contributed by atoms with E-state index in [9.17, 15) is 4.79 Å². The van der Waals surface area contributed by atoms with Gasteiger partial charge in [-0.2, -0.15) is 0 Å². The summed E-state index contributed by atoms with van der Waals surface area (Å²) in [4.78, 5) is 12.3. The van der Waals surface area contributed by atoms with Crippen molar-refractivity contribution in [1.82, 2.24) is 0 Å². The molecule has 0 aliphatic carbocycles. The van der Waals surface area contributed by atoms with Crippen molar-refractivity contribution in [3.05, 3.63) is 59.2 Å². The maximum absolute atomic E-state index is 12.3. The van der Waals surface area contributed by atoms with Gasteiger partial charge >= 0.3 is 0 Å². The fourth-order valence-electron chi connectivity index (χ4n) is 2.67. The van der Waals surface area contributed by atoms with E-state index in [-0.39, 0.29) is 5.78 Å². The van der Waals surface area contributed by atoms with Gasteiger partial charge in [0, 0.05) is 24.2 Å². The predicted octanol–water partition coefficient (Wildman–Crippen LogP) is 3.48. The molecule has 0 saturated carbocycles. The molecular weight excluding hydrogens is 262 g/mol. The van der Waals surface area contributed by atoms with Crippen LogP contribution in [0.15, 0.2) is 42.5 Å². The highest BCUT2D eigenvalue weighted by Crippen LogP contribution is 2.24. The molecule has 1 aliphatic heterocycles. The van der Waals surface area contributed by atoms with Gasteiger partial charge in [0.15, 0.2) is 5.78 Å². The minimum atomic E-state index is 0.209. The molecule has 1 heterocycles. The second-order valence-electron chi connectivity index (χ2n) is 5.32. The Balaban J connectivity index is 1.63. The molecule has 0 bridgehead atoms. The molecule has 0 unspecified atom stereocenters. The number of nitrogens with one attached hydrogen (secondary N) is 1. The molecule has 1 aliphatic rings. The maximum Gasteiger partial charge on any atom is 0.163 e. The summed E-state index contributed by atoms with van der Waals surface area (Å²) in [5.41, 5.74) is 4.41. The van der Waals surface area contributed by atoms with E-state index in [0.717, 1.165) is 36.3 Å². The molecule has 0 amide bonds.